The highest BCUT2D eigenvalue weighted by Gasteiger charge is 2.14. The van der Waals surface area contributed by atoms with Crippen LogP contribution < -0.4 is 15.4 Å². The first-order valence-corrected chi connectivity index (χ1v) is 6.97. The van der Waals surface area contributed by atoms with Gasteiger partial charge in [0.15, 0.2) is 0 Å². The lowest BCUT2D eigenvalue weighted by molar-refractivity contribution is -0.136. The van der Waals surface area contributed by atoms with Crippen molar-refractivity contribution in [3.63, 3.8) is 0 Å². The molecule has 5 nitrogen and oxygen atoms in total. The molecule has 22 heavy (non-hydrogen) atoms. The number of anilines is 1. The summed E-state index contributed by atoms with van der Waals surface area (Å²) >= 11 is 0. The third-order valence-electron chi connectivity index (χ3n) is 3.10. The predicted molar refractivity (Wildman–Crippen MR) is 84.8 cm³/mol. The molecule has 0 fully saturated rings. The van der Waals surface area contributed by atoms with Crippen LogP contribution >= 0.6 is 0 Å². The molecule has 0 aliphatic heterocycles. The van der Waals surface area contributed by atoms with Crippen molar-refractivity contribution < 1.29 is 14.3 Å². The van der Waals surface area contributed by atoms with Crippen LogP contribution in [0.4, 0.5) is 5.69 Å². The third kappa shape index (κ3) is 4.34. The van der Waals surface area contributed by atoms with Crippen molar-refractivity contribution in [3.8, 4) is 5.75 Å². The maximum Gasteiger partial charge on any atom is 0.313 e. The number of nitrogens with one attached hydrogen (secondary N) is 2. The van der Waals surface area contributed by atoms with E-state index >= 15 is 0 Å². The van der Waals surface area contributed by atoms with Crippen molar-refractivity contribution in [1.82, 2.24) is 5.32 Å². The Labute approximate surface area is 129 Å². The highest BCUT2D eigenvalue weighted by Crippen LogP contribution is 2.22. The van der Waals surface area contributed by atoms with Gasteiger partial charge in [0.05, 0.1) is 12.8 Å². The van der Waals surface area contributed by atoms with Gasteiger partial charge in [-0.05, 0) is 24.1 Å². The molecule has 0 atom stereocenters. The lowest BCUT2D eigenvalue weighted by Crippen LogP contribution is -2.36. The fraction of sp³-hybridized carbons (Fsp3) is 0.176. The molecule has 2 N–H and O–H groups in total. The van der Waals surface area contributed by atoms with E-state index in [1.807, 2.05) is 30.3 Å². The van der Waals surface area contributed by atoms with Gasteiger partial charge in [0.25, 0.3) is 0 Å². The average Bonchev–Trinajstić information content (AvgIpc) is 2.56. The number of carbonyl (C=O) groups is 2. The van der Waals surface area contributed by atoms with Gasteiger partial charge in [-0.2, -0.15) is 0 Å². The Balaban J connectivity index is 1.83. The molecule has 0 aliphatic carbocycles. The molecule has 0 spiro atoms. The topological polar surface area (TPSA) is 67.4 Å². The van der Waals surface area contributed by atoms with E-state index in [0.29, 0.717) is 24.4 Å². The van der Waals surface area contributed by atoms with Gasteiger partial charge in [-0.1, -0.05) is 42.5 Å². The smallest absolute Gasteiger partial charge is 0.313 e. The van der Waals surface area contributed by atoms with Crippen molar-refractivity contribution in [1.29, 1.82) is 0 Å². The highest BCUT2D eigenvalue weighted by atomic mass is 16.5. The van der Waals surface area contributed by atoms with Crippen LogP contribution in [0.15, 0.2) is 54.6 Å². The molecule has 2 aromatic carbocycles. The van der Waals surface area contributed by atoms with Crippen LogP contribution in [0.2, 0.25) is 0 Å². The summed E-state index contributed by atoms with van der Waals surface area (Å²) in [5.41, 5.74) is 1.57. The summed E-state index contributed by atoms with van der Waals surface area (Å²) in [6, 6.07) is 16.7. The third-order valence-corrected chi connectivity index (χ3v) is 3.10. The Morgan fingerprint density at radius 3 is 2.36 bits per heavy atom. The number of carbonyl (C=O) groups excluding carboxylic acids is 2. The van der Waals surface area contributed by atoms with E-state index in [0.717, 1.165) is 5.56 Å². The molecule has 2 rings (SSSR count). The molecule has 0 saturated carbocycles. The second-order valence-electron chi connectivity index (χ2n) is 4.65. The number of hydrogen-bond donors (Lipinski definition) is 2. The van der Waals surface area contributed by atoms with Crippen molar-refractivity contribution in [3.05, 3.63) is 60.2 Å². The Kier molecular flexibility index (Phi) is 5.54. The zero-order valence-corrected chi connectivity index (χ0v) is 12.3. The van der Waals surface area contributed by atoms with Gasteiger partial charge in [0.1, 0.15) is 5.75 Å². The van der Waals surface area contributed by atoms with Crippen LogP contribution in [0.25, 0.3) is 0 Å². The second-order valence-corrected chi connectivity index (χ2v) is 4.65. The number of methoxy groups -OCH3 is 1. The fourth-order valence-electron chi connectivity index (χ4n) is 1.97. The standard InChI is InChI=1S/C17H18N2O3/c1-22-15-10-6-5-9-14(15)19-17(21)16(20)18-12-11-13-7-3-2-4-8-13/h2-10H,11-12H2,1H3,(H,18,20)(H,19,21). The normalized spacial score (nSPS) is 9.86. The first-order valence-electron chi connectivity index (χ1n) is 6.97. The molecule has 0 radical (unpaired) electrons. The molecule has 5 heteroatoms. The van der Waals surface area contributed by atoms with E-state index in [9.17, 15) is 9.59 Å². The van der Waals surface area contributed by atoms with E-state index in [4.69, 9.17) is 4.74 Å². The molecule has 114 valence electrons. The molecule has 0 bridgehead atoms. The van der Waals surface area contributed by atoms with Gasteiger partial charge >= 0.3 is 11.8 Å². The molecule has 0 aromatic heterocycles. The first kappa shape index (κ1) is 15.6. The Hall–Kier alpha value is -2.82. The first-order chi connectivity index (χ1) is 10.7. The molecular weight excluding hydrogens is 280 g/mol. The number of hydrogen-bond acceptors (Lipinski definition) is 3. The molecular formula is C17H18N2O3. The van der Waals surface area contributed by atoms with Crippen LogP contribution in [-0.4, -0.2) is 25.5 Å². The van der Waals surface area contributed by atoms with Gasteiger partial charge in [-0.15, -0.1) is 0 Å². The van der Waals surface area contributed by atoms with Crippen molar-refractivity contribution in [2.75, 3.05) is 19.0 Å². The SMILES string of the molecule is COc1ccccc1NC(=O)C(=O)NCCc1ccccc1. The van der Waals surface area contributed by atoms with Gasteiger partial charge < -0.3 is 15.4 Å². The fourth-order valence-corrected chi connectivity index (χ4v) is 1.97. The average molecular weight is 298 g/mol. The number of benzene rings is 2. The minimum absolute atomic E-state index is 0.405. The summed E-state index contributed by atoms with van der Waals surface area (Å²) in [5.74, 6) is -0.868. The van der Waals surface area contributed by atoms with E-state index in [-0.39, 0.29) is 0 Å². The lowest BCUT2D eigenvalue weighted by atomic mass is 10.1. The van der Waals surface area contributed by atoms with Gasteiger partial charge in [-0.3, -0.25) is 9.59 Å². The number of rotatable bonds is 5. The summed E-state index contributed by atoms with van der Waals surface area (Å²) in [5, 5.41) is 5.13. The highest BCUT2D eigenvalue weighted by molar-refractivity contribution is 6.39. The van der Waals surface area contributed by atoms with Crippen molar-refractivity contribution in [2.24, 2.45) is 0 Å². The summed E-state index contributed by atoms with van der Waals surface area (Å²) in [4.78, 5) is 23.6. The summed E-state index contributed by atoms with van der Waals surface area (Å²) < 4.78 is 5.12. The minimum atomic E-state index is -0.711. The number of amides is 2. The summed E-state index contributed by atoms with van der Waals surface area (Å²) in [6.07, 6.45) is 0.675. The molecule has 0 aliphatic rings. The maximum absolute atomic E-state index is 11.8. The van der Waals surface area contributed by atoms with Crippen molar-refractivity contribution in [2.45, 2.75) is 6.42 Å². The quantitative estimate of drug-likeness (QED) is 0.830. The van der Waals surface area contributed by atoms with Crippen LogP contribution in [0.1, 0.15) is 5.56 Å². The van der Waals surface area contributed by atoms with Gasteiger partial charge in [0.2, 0.25) is 0 Å². The molecule has 0 saturated heterocycles. The largest absolute Gasteiger partial charge is 0.495 e. The second kappa shape index (κ2) is 7.83. The lowest BCUT2D eigenvalue weighted by Gasteiger charge is -2.10. The minimum Gasteiger partial charge on any atom is -0.495 e. The van der Waals surface area contributed by atoms with Crippen LogP contribution in [0.5, 0.6) is 5.75 Å². The van der Waals surface area contributed by atoms with E-state index < -0.39 is 11.8 Å². The number of para-hydroxylation sites is 2. The molecule has 0 unspecified atom stereocenters. The maximum atomic E-state index is 11.8. The van der Waals surface area contributed by atoms with Gasteiger partial charge in [-0.25, -0.2) is 0 Å². The Morgan fingerprint density at radius 1 is 0.955 bits per heavy atom. The molecule has 0 heterocycles. The summed E-state index contributed by atoms with van der Waals surface area (Å²) in [6.45, 7) is 0.405. The Morgan fingerprint density at radius 2 is 1.64 bits per heavy atom. The molecule has 2 aromatic rings. The number of ether oxygens (including phenoxy) is 1. The van der Waals surface area contributed by atoms with Crippen LogP contribution in [0, 0.1) is 0 Å². The van der Waals surface area contributed by atoms with Crippen LogP contribution in [0.3, 0.4) is 0 Å². The van der Waals surface area contributed by atoms with E-state index in [1.165, 1.54) is 7.11 Å². The van der Waals surface area contributed by atoms with Crippen molar-refractivity contribution >= 4 is 17.5 Å². The summed E-state index contributed by atoms with van der Waals surface area (Å²) in [7, 11) is 1.50. The predicted octanol–water partition coefficient (Wildman–Crippen LogP) is 1.99. The molecule has 2 amide bonds. The van der Waals surface area contributed by atoms with E-state index in [2.05, 4.69) is 10.6 Å². The van der Waals surface area contributed by atoms with Gasteiger partial charge in [0, 0.05) is 6.54 Å². The zero-order chi connectivity index (χ0) is 15.8. The zero-order valence-electron chi connectivity index (χ0n) is 12.3. The monoisotopic (exact) mass is 298 g/mol. The Bertz CT molecular complexity index is 641. The van der Waals surface area contributed by atoms with Crippen LogP contribution in [-0.2, 0) is 16.0 Å². The van der Waals surface area contributed by atoms with E-state index in [1.54, 1.807) is 24.3 Å².